The van der Waals surface area contributed by atoms with Crippen LogP contribution in [0.3, 0.4) is 0 Å². The Morgan fingerprint density at radius 2 is 2.28 bits per heavy atom. The highest BCUT2D eigenvalue weighted by atomic mass is 16.6. The van der Waals surface area contributed by atoms with E-state index >= 15 is 0 Å². The van der Waals surface area contributed by atoms with Crippen LogP contribution < -0.4 is 11.1 Å². The van der Waals surface area contributed by atoms with Crippen LogP contribution in [0.5, 0.6) is 0 Å². The van der Waals surface area contributed by atoms with Gasteiger partial charge in [0.25, 0.3) is 11.6 Å². The van der Waals surface area contributed by atoms with Crippen molar-refractivity contribution in [2.24, 2.45) is 0 Å². The van der Waals surface area contributed by atoms with Gasteiger partial charge in [-0.25, -0.2) is 4.98 Å². The number of anilines is 2. The molecule has 0 aromatic carbocycles. The predicted molar refractivity (Wildman–Crippen MR) is 61.8 cm³/mol. The van der Waals surface area contributed by atoms with Crippen molar-refractivity contribution in [1.82, 2.24) is 15.2 Å². The van der Waals surface area contributed by atoms with Crippen LogP contribution in [0.4, 0.5) is 17.2 Å². The molecule has 0 atom stereocenters. The molecule has 0 unspecified atom stereocenters. The Bertz CT molecular complexity index is 594. The Labute approximate surface area is 100 Å². The summed E-state index contributed by atoms with van der Waals surface area (Å²) in [4.78, 5) is 25.3. The van der Waals surface area contributed by atoms with E-state index in [-0.39, 0.29) is 17.1 Å². The molecule has 2 heterocycles. The van der Waals surface area contributed by atoms with Gasteiger partial charge < -0.3 is 11.1 Å². The Morgan fingerprint density at radius 1 is 1.50 bits per heavy atom. The van der Waals surface area contributed by atoms with Gasteiger partial charge in [0.05, 0.1) is 22.4 Å². The Morgan fingerprint density at radius 3 is 2.89 bits per heavy atom. The standard InChI is InChI=1S/C9H8N6O3/c10-8-7(1-6(4-11-8)15(17)18)9(16)14-5-2-12-13-3-5/h1-4H,(H2,10,11)(H,12,13)(H,14,16). The molecular weight excluding hydrogens is 240 g/mol. The van der Waals surface area contributed by atoms with Crippen LogP contribution in [0.1, 0.15) is 10.4 Å². The fourth-order valence-corrected chi connectivity index (χ4v) is 1.26. The Balaban J connectivity index is 2.29. The van der Waals surface area contributed by atoms with E-state index in [1.54, 1.807) is 0 Å². The number of nitrogens with zero attached hydrogens (tertiary/aromatic N) is 3. The summed E-state index contributed by atoms with van der Waals surface area (Å²) < 4.78 is 0. The van der Waals surface area contributed by atoms with E-state index in [4.69, 9.17) is 5.73 Å². The number of carbonyl (C=O) groups excluding carboxylic acids is 1. The first-order valence-electron chi connectivity index (χ1n) is 4.78. The number of nitrogen functional groups attached to an aromatic ring is 1. The average molecular weight is 248 g/mol. The molecule has 0 aliphatic rings. The summed E-state index contributed by atoms with van der Waals surface area (Å²) in [6.07, 6.45) is 3.84. The maximum Gasteiger partial charge on any atom is 0.288 e. The van der Waals surface area contributed by atoms with Crippen molar-refractivity contribution in [3.05, 3.63) is 40.3 Å². The van der Waals surface area contributed by atoms with E-state index in [0.29, 0.717) is 5.69 Å². The molecule has 92 valence electrons. The Hall–Kier alpha value is -2.97. The van der Waals surface area contributed by atoms with Gasteiger partial charge in [-0.05, 0) is 0 Å². The lowest BCUT2D eigenvalue weighted by Crippen LogP contribution is -2.15. The van der Waals surface area contributed by atoms with Gasteiger partial charge in [0.15, 0.2) is 0 Å². The van der Waals surface area contributed by atoms with Gasteiger partial charge in [0, 0.05) is 12.3 Å². The number of nitrogens with two attached hydrogens (primary N) is 1. The van der Waals surface area contributed by atoms with E-state index in [1.165, 1.54) is 12.4 Å². The molecule has 0 aliphatic heterocycles. The van der Waals surface area contributed by atoms with E-state index in [9.17, 15) is 14.9 Å². The van der Waals surface area contributed by atoms with Crippen molar-refractivity contribution < 1.29 is 9.72 Å². The van der Waals surface area contributed by atoms with Gasteiger partial charge in [-0.1, -0.05) is 0 Å². The summed E-state index contributed by atoms with van der Waals surface area (Å²) in [5, 5.41) is 19.2. The lowest BCUT2D eigenvalue weighted by atomic mass is 10.2. The number of aromatic nitrogens is 3. The van der Waals surface area contributed by atoms with Crippen molar-refractivity contribution in [2.45, 2.75) is 0 Å². The number of hydrogen-bond acceptors (Lipinski definition) is 6. The predicted octanol–water partition coefficient (Wildman–Crippen LogP) is 0.547. The third-order valence-electron chi connectivity index (χ3n) is 2.12. The number of nitro groups is 1. The van der Waals surface area contributed by atoms with Gasteiger partial charge in [-0.3, -0.25) is 20.0 Å². The molecule has 1 amide bonds. The van der Waals surface area contributed by atoms with Crippen molar-refractivity contribution in [3.63, 3.8) is 0 Å². The van der Waals surface area contributed by atoms with Gasteiger partial charge in [0.2, 0.25) is 0 Å². The lowest BCUT2D eigenvalue weighted by molar-refractivity contribution is -0.385. The van der Waals surface area contributed by atoms with E-state index < -0.39 is 10.8 Å². The van der Waals surface area contributed by atoms with Crippen molar-refractivity contribution >= 4 is 23.1 Å². The molecule has 0 saturated carbocycles. The molecule has 0 radical (unpaired) electrons. The zero-order valence-corrected chi connectivity index (χ0v) is 8.95. The summed E-state index contributed by atoms with van der Waals surface area (Å²) >= 11 is 0. The molecule has 2 rings (SSSR count). The van der Waals surface area contributed by atoms with Gasteiger partial charge >= 0.3 is 0 Å². The molecule has 2 aromatic heterocycles. The largest absolute Gasteiger partial charge is 0.383 e. The average Bonchev–Trinajstić information content (AvgIpc) is 2.81. The smallest absolute Gasteiger partial charge is 0.288 e. The molecule has 9 heteroatoms. The molecule has 0 fully saturated rings. The fraction of sp³-hybridized carbons (Fsp3) is 0. The second-order valence-electron chi connectivity index (χ2n) is 3.32. The molecule has 4 N–H and O–H groups in total. The minimum absolute atomic E-state index is 0.0644. The zero-order valence-electron chi connectivity index (χ0n) is 8.95. The molecule has 2 aromatic rings. The highest BCUT2D eigenvalue weighted by Crippen LogP contribution is 2.18. The van der Waals surface area contributed by atoms with Crippen LogP contribution in [-0.4, -0.2) is 26.0 Å². The minimum atomic E-state index is -0.652. The van der Waals surface area contributed by atoms with Gasteiger partial charge in [-0.2, -0.15) is 5.10 Å². The summed E-state index contributed by atoms with van der Waals surface area (Å²) in [6.45, 7) is 0. The Kier molecular flexibility index (Phi) is 2.87. The summed E-state index contributed by atoms with van der Waals surface area (Å²) in [5.41, 5.74) is 5.56. The first kappa shape index (κ1) is 11.5. The van der Waals surface area contributed by atoms with Crippen LogP contribution >= 0.6 is 0 Å². The normalized spacial score (nSPS) is 10.0. The SMILES string of the molecule is Nc1ncc([N+](=O)[O-])cc1C(=O)Nc1cn[nH]c1. The van der Waals surface area contributed by atoms with Crippen LogP contribution in [0.2, 0.25) is 0 Å². The van der Waals surface area contributed by atoms with Crippen LogP contribution in [-0.2, 0) is 0 Å². The summed E-state index contributed by atoms with van der Waals surface area (Å²) in [7, 11) is 0. The number of amides is 1. The number of nitrogens with one attached hydrogen (secondary N) is 2. The molecule has 0 saturated heterocycles. The zero-order chi connectivity index (χ0) is 13.1. The van der Waals surface area contributed by atoms with E-state index in [1.807, 2.05) is 0 Å². The van der Waals surface area contributed by atoms with E-state index in [2.05, 4.69) is 20.5 Å². The number of pyridine rings is 1. The quantitative estimate of drug-likeness (QED) is 0.535. The minimum Gasteiger partial charge on any atom is -0.383 e. The van der Waals surface area contributed by atoms with Crippen molar-refractivity contribution in [2.75, 3.05) is 11.1 Å². The maximum atomic E-state index is 11.8. The molecule has 0 bridgehead atoms. The van der Waals surface area contributed by atoms with Crippen LogP contribution in [0.15, 0.2) is 24.7 Å². The second kappa shape index (κ2) is 4.49. The van der Waals surface area contributed by atoms with Crippen LogP contribution in [0.25, 0.3) is 0 Å². The van der Waals surface area contributed by atoms with E-state index in [0.717, 1.165) is 12.3 Å². The monoisotopic (exact) mass is 248 g/mol. The molecule has 9 nitrogen and oxygen atoms in total. The second-order valence-corrected chi connectivity index (χ2v) is 3.32. The number of carbonyl (C=O) groups is 1. The van der Waals surface area contributed by atoms with Gasteiger partial charge in [-0.15, -0.1) is 0 Å². The van der Waals surface area contributed by atoms with Crippen molar-refractivity contribution in [1.29, 1.82) is 0 Å². The number of aromatic amines is 1. The molecular formula is C9H8N6O3. The number of rotatable bonds is 3. The van der Waals surface area contributed by atoms with Crippen molar-refractivity contribution in [3.8, 4) is 0 Å². The highest BCUT2D eigenvalue weighted by molar-refractivity contribution is 6.07. The first-order valence-corrected chi connectivity index (χ1v) is 4.78. The summed E-state index contributed by atoms with van der Waals surface area (Å²) in [5.74, 6) is -0.674. The first-order chi connectivity index (χ1) is 8.58. The number of hydrogen-bond donors (Lipinski definition) is 3. The highest BCUT2D eigenvalue weighted by Gasteiger charge is 2.16. The fourth-order valence-electron chi connectivity index (χ4n) is 1.26. The molecule has 18 heavy (non-hydrogen) atoms. The number of H-pyrrole nitrogens is 1. The lowest BCUT2D eigenvalue weighted by Gasteiger charge is -2.04. The van der Waals surface area contributed by atoms with Crippen LogP contribution in [0, 0.1) is 10.1 Å². The summed E-state index contributed by atoms with van der Waals surface area (Å²) in [6, 6.07) is 1.07. The maximum absolute atomic E-state index is 11.8. The van der Waals surface area contributed by atoms with Gasteiger partial charge in [0.1, 0.15) is 12.0 Å². The molecule has 0 spiro atoms. The third-order valence-corrected chi connectivity index (χ3v) is 2.12. The topological polar surface area (TPSA) is 140 Å². The third kappa shape index (κ3) is 2.24. The molecule has 0 aliphatic carbocycles.